The van der Waals surface area contributed by atoms with E-state index in [4.69, 9.17) is 0 Å². The van der Waals surface area contributed by atoms with Gasteiger partial charge in [0.1, 0.15) is 5.78 Å². The molecule has 2 heteroatoms. The lowest BCUT2D eigenvalue weighted by Crippen LogP contribution is -2.46. The number of Topliss-reactive ketones (excluding diaryl/α,β-unsaturated/α-hetero) is 1. The first-order valence-electron chi connectivity index (χ1n) is 6.20. The molecule has 1 rings (SSSR count). The molecule has 0 aromatic carbocycles. The maximum Gasteiger partial charge on any atom is 0.132 e. The molecule has 88 valence electrons. The van der Waals surface area contributed by atoms with Gasteiger partial charge in [-0.25, -0.2) is 0 Å². The number of likely N-dealkylation sites (tertiary alicyclic amines) is 1. The van der Waals surface area contributed by atoms with E-state index in [1.807, 2.05) is 6.92 Å². The van der Waals surface area contributed by atoms with Crippen molar-refractivity contribution in [1.29, 1.82) is 0 Å². The second-order valence-electron chi connectivity index (χ2n) is 5.70. The first-order chi connectivity index (χ1) is 6.93. The summed E-state index contributed by atoms with van der Waals surface area (Å²) >= 11 is 0. The van der Waals surface area contributed by atoms with E-state index in [9.17, 15) is 4.79 Å². The van der Waals surface area contributed by atoms with Crippen molar-refractivity contribution < 1.29 is 4.79 Å². The third kappa shape index (κ3) is 3.94. The molecule has 0 aliphatic carbocycles. The second-order valence-corrected chi connectivity index (χ2v) is 5.70. The Kier molecular flexibility index (Phi) is 4.32. The third-order valence-corrected chi connectivity index (χ3v) is 3.47. The molecule has 2 nitrogen and oxygen atoms in total. The molecule has 1 aliphatic heterocycles. The van der Waals surface area contributed by atoms with Gasteiger partial charge in [-0.15, -0.1) is 0 Å². The molecule has 15 heavy (non-hydrogen) atoms. The standard InChI is InChI=1S/C13H25NO/c1-5-12(15)10-11-6-8-14(9-7-11)13(2,3)4/h11H,5-10H2,1-4H3. The third-order valence-electron chi connectivity index (χ3n) is 3.47. The minimum absolute atomic E-state index is 0.291. The highest BCUT2D eigenvalue weighted by Crippen LogP contribution is 2.25. The molecule has 0 radical (unpaired) electrons. The minimum atomic E-state index is 0.291. The van der Waals surface area contributed by atoms with Gasteiger partial charge in [0, 0.05) is 18.4 Å². The molecule has 1 fully saturated rings. The van der Waals surface area contributed by atoms with Crippen LogP contribution in [0.2, 0.25) is 0 Å². The molecule has 0 atom stereocenters. The summed E-state index contributed by atoms with van der Waals surface area (Å²) in [5.41, 5.74) is 0.291. The van der Waals surface area contributed by atoms with E-state index in [0.29, 0.717) is 23.7 Å². The summed E-state index contributed by atoms with van der Waals surface area (Å²) in [6, 6.07) is 0. The number of ketones is 1. The summed E-state index contributed by atoms with van der Waals surface area (Å²) in [5, 5.41) is 0. The molecule has 0 aromatic rings. The van der Waals surface area contributed by atoms with Crippen LogP contribution in [0.1, 0.15) is 53.4 Å². The number of hydrogen-bond acceptors (Lipinski definition) is 2. The number of nitrogens with zero attached hydrogens (tertiary/aromatic N) is 1. The van der Waals surface area contributed by atoms with Gasteiger partial charge in [-0.1, -0.05) is 6.92 Å². The molecule has 0 spiro atoms. The number of carbonyl (C=O) groups is 1. The van der Waals surface area contributed by atoms with Crippen LogP contribution in [0.4, 0.5) is 0 Å². The van der Waals surface area contributed by atoms with Crippen LogP contribution in [-0.2, 0) is 4.79 Å². The van der Waals surface area contributed by atoms with Crippen LogP contribution < -0.4 is 0 Å². The fraction of sp³-hybridized carbons (Fsp3) is 0.923. The van der Waals surface area contributed by atoms with E-state index in [2.05, 4.69) is 25.7 Å². The molecule has 0 aromatic heterocycles. The molecule has 1 saturated heterocycles. The summed E-state index contributed by atoms with van der Waals surface area (Å²) in [7, 11) is 0. The van der Waals surface area contributed by atoms with Crippen molar-refractivity contribution in [2.75, 3.05) is 13.1 Å². The van der Waals surface area contributed by atoms with Crippen molar-refractivity contribution in [2.24, 2.45) is 5.92 Å². The van der Waals surface area contributed by atoms with Gasteiger partial charge in [0.2, 0.25) is 0 Å². The Morgan fingerprint density at radius 1 is 1.27 bits per heavy atom. The van der Waals surface area contributed by atoms with Gasteiger partial charge in [0.05, 0.1) is 0 Å². The van der Waals surface area contributed by atoms with Crippen molar-refractivity contribution in [3.8, 4) is 0 Å². The van der Waals surface area contributed by atoms with E-state index in [1.165, 1.54) is 12.8 Å². The van der Waals surface area contributed by atoms with E-state index in [1.54, 1.807) is 0 Å². The highest BCUT2D eigenvalue weighted by atomic mass is 16.1. The van der Waals surface area contributed by atoms with Gasteiger partial charge in [-0.3, -0.25) is 9.69 Å². The normalized spacial score (nSPS) is 20.5. The van der Waals surface area contributed by atoms with Gasteiger partial charge in [0.15, 0.2) is 0 Å². The lowest BCUT2D eigenvalue weighted by atomic mass is 9.89. The Labute approximate surface area is 94.0 Å². The van der Waals surface area contributed by atoms with E-state index < -0.39 is 0 Å². The SMILES string of the molecule is CCC(=O)CC1CCN(C(C)(C)C)CC1. The Bertz CT molecular complexity index is 209. The van der Waals surface area contributed by atoms with Crippen LogP contribution in [-0.4, -0.2) is 29.3 Å². The molecule has 0 bridgehead atoms. The van der Waals surface area contributed by atoms with Gasteiger partial charge >= 0.3 is 0 Å². The van der Waals surface area contributed by atoms with E-state index >= 15 is 0 Å². The fourth-order valence-corrected chi connectivity index (χ4v) is 2.27. The van der Waals surface area contributed by atoms with Crippen molar-refractivity contribution >= 4 is 5.78 Å². The van der Waals surface area contributed by atoms with Crippen LogP contribution >= 0.6 is 0 Å². The highest BCUT2D eigenvalue weighted by molar-refractivity contribution is 5.78. The maximum atomic E-state index is 11.3. The van der Waals surface area contributed by atoms with E-state index in [0.717, 1.165) is 19.5 Å². The van der Waals surface area contributed by atoms with Crippen LogP contribution in [0.5, 0.6) is 0 Å². The van der Waals surface area contributed by atoms with Gasteiger partial charge < -0.3 is 0 Å². The molecule has 1 aliphatic rings. The summed E-state index contributed by atoms with van der Waals surface area (Å²) in [6.07, 6.45) is 3.92. The Morgan fingerprint density at radius 3 is 2.20 bits per heavy atom. The lowest BCUT2D eigenvalue weighted by Gasteiger charge is -2.40. The van der Waals surface area contributed by atoms with Crippen molar-refractivity contribution in [1.82, 2.24) is 4.90 Å². The number of carbonyl (C=O) groups excluding carboxylic acids is 1. The molecule has 1 heterocycles. The summed E-state index contributed by atoms with van der Waals surface area (Å²) in [5.74, 6) is 1.08. The first kappa shape index (κ1) is 12.7. The number of rotatable bonds is 3. The fourth-order valence-electron chi connectivity index (χ4n) is 2.27. The van der Waals surface area contributed by atoms with Crippen LogP contribution in [0.3, 0.4) is 0 Å². The van der Waals surface area contributed by atoms with E-state index in [-0.39, 0.29) is 0 Å². The average Bonchev–Trinajstić information content (AvgIpc) is 2.17. The second kappa shape index (κ2) is 5.11. The van der Waals surface area contributed by atoms with Crippen LogP contribution in [0.15, 0.2) is 0 Å². The first-order valence-corrected chi connectivity index (χ1v) is 6.20. The number of piperidine rings is 1. The van der Waals surface area contributed by atoms with Crippen LogP contribution in [0, 0.1) is 5.92 Å². The van der Waals surface area contributed by atoms with Gasteiger partial charge in [-0.2, -0.15) is 0 Å². The topological polar surface area (TPSA) is 20.3 Å². The average molecular weight is 211 g/mol. The van der Waals surface area contributed by atoms with Gasteiger partial charge in [-0.05, 0) is 52.6 Å². The summed E-state index contributed by atoms with van der Waals surface area (Å²) in [4.78, 5) is 13.9. The molecule has 0 saturated carbocycles. The van der Waals surface area contributed by atoms with Gasteiger partial charge in [0.25, 0.3) is 0 Å². The zero-order chi connectivity index (χ0) is 11.5. The summed E-state index contributed by atoms with van der Waals surface area (Å²) in [6.45, 7) is 11.1. The molecular formula is C13H25NO. The zero-order valence-electron chi connectivity index (χ0n) is 10.7. The monoisotopic (exact) mass is 211 g/mol. The Hall–Kier alpha value is -0.370. The van der Waals surface area contributed by atoms with Crippen LogP contribution in [0.25, 0.3) is 0 Å². The van der Waals surface area contributed by atoms with Crippen molar-refractivity contribution in [2.45, 2.75) is 58.9 Å². The summed E-state index contributed by atoms with van der Waals surface area (Å²) < 4.78 is 0. The largest absolute Gasteiger partial charge is 0.300 e. The van der Waals surface area contributed by atoms with Crippen molar-refractivity contribution in [3.05, 3.63) is 0 Å². The minimum Gasteiger partial charge on any atom is -0.300 e. The predicted octanol–water partition coefficient (Wildman–Crippen LogP) is 2.87. The molecule has 0 amide bonds. The smallest absolute Gasteiger partial charge is 0.132 e. The maximum absolute atomic E-state index is 11.3. The lowest BCUT2D eigenvalue weighted by molar-refractivity contribution is -0.120. The predicted molar refractivity (Wildman–Crippen MR) is 64.0 cm³/mol. The van der Waals surface area contributed by atoms with Crippen molar-refractivity contribution in [3.63, 3.8) is 0 Å². The quantitative estimate of drug-likeness (QED) is 0.715. The molecule has 0 unspecified atom stereocenters. The molecular weight excluding hydrogens is 186 g/mol. The zero-order valence-corrected chi connectivity index (χ0v) is 10.7. The highest BCUT2D eigenvalue weighted by Gasteiger charge is 2.27. The number of hydrogen-bond donors (Lipinski definition) is 0. The Balaban J connectivity index is 2.33. The Morgan fingerprint density at radius 2 is 1.80 bits per heavy atom. The molecule has 0 N–H and O–H groups in total.